The molecule has 0 aliphatic rings. The summed E-state index contributed by atoms with van der Waals surface area (Å²) in [7, 11) is 4.38. The second-order valence-electron chi connectivity index (χ2n) is 20.2. The van der Waals surface area contributed by atoms with Gasteiger partial charge in [0.2, 0.25) is 5.78 Å². The van der Waals surface area contributed by atoms with E-state index in [4.69, 9.17) is 0 Å². The number of hydrogen-bond acceptors (Lipinski definition) is 3. The molecule has 0 saturated carbocycles. The predicted molar refractivity (Wildman–Crippen MR) is 275 cm³/mol. The van der Waals surface area contributed by atoms with Gasteiger partial charge in [-0.15, -0.1) is 0 Å². The standard InChI is InChI=1S/C59H101NO3/c1-8-13-18-23-24-25-26-31-37-54(57(38-32-41-60(6)7)56-46-51(35-29-21-16-11-4)43-52(47-56)36-30-22-17-12-5)39-40-55(58(61)59(62)63)48-53-44-49(33-27-19-14-9-2)42-50(45-53)34-28-20-15-10-3/h42-47,54-55,57H,8-41,48H2,1-7H3,(H,62,63). The number of carboxylic acids is 1. The van der Waals surface area contributed by atoms with Gasteiger partial charge in [0.15, 0.2) is 0 Å². The highest BCUT2D eigenvalue weighted by molar-refractivity contribution is 6.33. The van der Waals surface area contributed by atoms with Crippen LogP contribution in [-0.4, -0.2) is 42.4 Å². The number of carboxylic acid groups (broad SMARTS) is 1. The first kappa shape index (κ1) is 56.7. The Bertz CT molecular complexity index is 1390. The molecule has 3 unspecified atom stereocenters. The Morgan fingerprint density at radius 1 is 0.444 bits per heavy atom. The van der Waals surface area contributed by atoms with Crippen LogP contribution in [0.1, 0.15) is 260 Å². The highest BCUT2D eigenvalue weighted by Crippen LogP contribution is 2.39. The van der Waals surface area contributed by atoms with Crippen LogP contribution in [0.15, 0.2) is 36.4 Å². The van der Waals surface area contributed by atoms with Crippen LogP contribution in [0.4, 0.5) is 0 Å². The van der Waals surface area contributed by atoms with Crippen molar-refractivity contribution in [2.24, 2.45) is 11.8 Å². The van der Waals surface area contributed by atoms with Crippen molar-refractivity contribution in [3.63, 3.8) is 0 Å². The summed E-state index contributed by atoms with van der Waals surface area (Å²) in [6.45, 7) is 12.5. The van der Waals surface area contributed by atoms with Gasteiger partial charge in [0.05, 0.1) is 0 Å². The number of nitrogens with zero attached hydrogens (tertiary/aromatic N) is 1. The molecule has 0 radical (unpaired) electrons. The fourth-order valence-corrected chi connectivity index (χ4v) is 10.2. The van der Waals surface area contributed by atoms with Crippen LogP contribution in [0.25, 0.3) is 0 Å². The summed E-state index contributed by atoms with van der Waals surface area (Å²) < 4.78 is 0. The summed E-state index contributed by atoms with van der Waals surface area (Å²) in [6, 6.07) is 14.7. The lowest BCUT2D eigenvalue weighted by Gasteiger charge is -2.31. The van der Waals surface area contributed by atoms with Gasteiger partial charge in [-0.25, -0.2) is 4.79 Å². The third kappa shape index (κ3) is 26.3. The first-order valence-corrected chi connectivity index (χ1v) is 27.3. The van der Waals surface area contributed by atoms with Crippen LogP contribution in [0.3, 0.4) is 0 Å². The van der Waals surface area contributed by atoms with Crippen molar-refractivity contribution in [3.05, 3.63) is 69.8 Å². The van der Waals surface area contributed by atoms with Gasteiger partial charge in [-0.2, -0.15) is 0 Å². The van der Waals surface area contributed by atoms with Gasteiger partial charge >= 0.3 is 5.97 Å². The largest absolute Gasteiger partial charge is 0.475 e. The highest BCUT2D eigenvalue weighted by Gasteiger charge is 2.30. The topological polar surface area (TPSA) is 57.6 Å². The minimum atomic E-state index is -1.26. The van der Waals surface area contributed by atoms with Gasteiger partial charge in [-0.3, -0.25) is 4.79 Å². The summed E-state index contributed by atoms with van der Waals surface area (Å²) in [5, 5.41) is 10.3. The molecule has 2 rings (SSSR count). The zero-order chi connectivity index (χ0) is 45.9. The van der Waals surface area contributed by atoms with Crippen molar-refractivity contribution >= 4 is 11.8 Å². The molecule has 2 aromatic carbocycles. The van der Waals surface area contributed by atoms with Crippen LogP contribution in [0, 0.1) is 11.8 Å². The Kier molecular flexibility index (Phi) is 33.0. The number of benzene rings is 2. The Hall–Kier alpha value is -2.46. The lowest BCUT2D eigenvalue weighted by atomic mass is 9.74. The number of carbonyl (C=O) groups excluding carboxylic acids is 1. The first-order valence-electron chi connectivity index (χ1n) is 27.3. The maximum Gasteiger partial charge on any atom is 0.372 e. The first-order chi connectivity index (χ1) is 30.6. The van der Waals surface area contributed by atoms with Crippen molar-refractivity contribution in [2.45, 2.75) is 259 Å². The number of ketones is 1. The highest BCUT2D eigenvalue weighted by atomic mass is 16.4. The second kappa shape index (κ2) is 36.7. The molecule has 0 aliphatic heterocycles. The van der Waals surface area contributed by atoms with Crippen molar-refractivity contribution in [1.82, 2.24) is 4.90 Å². The van der Waals surface area contributed by atoms with Gasteiger partial charge < -0.3 is 10.0 Å². The van der Waals surface area contributed by atoms with Crippen LogP contribution < -0.4 is 0 Å². The molecule has 0 fully saturated rings. The van der Waals surface area contributed by atoms with E-state index in [9.17, 15) is 14.7 Å². The van der Waals surface area contributed by atoms with E-state index in [0.29, 0.717) is 24.7 Å². The van der Waals surface area contributed by atoms with E-state index < -0.39 is 17.7 Å². The fourth-order valence-electron chi connectivity index (χ4n) is 10.2. The Morgan fingerprint density at radius 3 is 1.24 bits per heavy atom. The number of aryl methyl sites for hydroxylation is 4. The Balaban J connectivity index is 2.56. The third-order valence-corrected chi connectivity index (χ3v) is 14.0. The minimum absolute atomic E-state index is 0.404. The number of carbonyl (C=O) groups is 2. The van der Waals surface area contributed by atoms with Crippen LogP contribution in [0.5, 0.6) is 0 Å². The second-order valence-corrected chi connectivity index (χ2v) is 20.2. The van der Waals surface area contributed by atoms with Gasteiger partial charge in [0, 0.05) is 5.92 Å². The van der Waals surface area contributed by atoms with Crippen LogP contribution >= 0.6 is 0 Å². The molecule has 360 valence electrons. The number of hydrogen-bond donors (Lipinski definition) is 1. The van der Waals surface area contributed by atoms with Gasteiger partial charge in [-0.05, 0) is 156 Å². The smallest absolute Gasteiger partial charge is 0.372 e. The average Bonchev–Trinajstić information content (AvgIpc) is 3.27. The monoisotopic (exact) mass is 872 g/mol. The molecule has 3 atom stereocenters. The van der Waals surface area contributed by atoms with Crippen molar-refractivity contribution in [1.29, 1.82) is 0 Å². The Morgan fingerprint density at radius 2 is 0.825 bits per heavy atom. The summed E-state index contributed by atoms with van der Waals surface area (Å²) in [5.74, 6) is -1.54. The van der Waals surface area contributed by atoms with Gasteiger partial charge in [0.25, 0.3) is 0 Å². The van der Waals surface area contributed by atoms with Gasteiger partial charge in [-0.1, -0.05) is 199 Å². The lowest BCUT2D eigenvalue weighted by Crippen LogP contribution is -2.27. The maximum absolute atomic E-state index is 13.8. The lowest BCUT2D eigenvalue weighted by molar-refractivity contribution is -0.151. The molecule has 0 saturated heterocycles. The normalized spacial score (nSPS) is 13.1. The number of Topliss-reactive ketones (excluding diaryl/α,β-unsaturated/α-hetero) is 1. The zero-order valence-corrected chi connectivity index (χ0v) is 42.7. The summed E-state index contributed by atoms with van der Waals surface area (Å²) in [4.78, 5) is 28.7. The van der Waals surface area contributed by atoms with E-state index in [0.717, 1.165) is 57.9 Å². The molecular weight excluding hydrogens is 771 g/mol. The summed E-state index contributed by atoms with van der Waals surface area (Å²) >= 11 is 0. The number of aliphatic carboxylic acids is 1. The molecule has 0 spiro atoms. The molecule has 1 N–H and O–H groups in total. The molecule has 0 amide bonds. The van der Waals surface area contributed by atoms with E-state index in [1.54, 1.807) is 0 Å². The van der Waals surface area contributed by atoms with E-state index in [1.165, 1.54) is 187 Å². The minimum Gasteiger partial charge on any atom is -0.475 e. The fraction of sp³-hybridized carbons (Fsp3) is 0.763. The quantitative estimate of drug-likeness (QED) is 0.0533. The van der Waals surface area contributed by atoms with E-state index in [1.807, 2.05) is 0 Å². The molecule has 2 aromatic rings. The average molecular weight is 872 g/mol. The molecule has 63 heavy (non-hydrogen) atoms. The molecule has 4 nitrogen and oxygen atoms in total. The van der Waals surface area contributed by atoms with Gasteiger partial charge in [0.1, 0.15) is 0 Å². The SMILES string of the molecule is CCCCCCCCCCC(CCC(Cc1cc(CCCCCC)cc(CCCCCC)c1)C(=O)C(=O)O)C(CCCN(C)C)c1cc(CCCCCC)cc(CCCCCC)c1. The predicted octanol–water partition coefficient (Wildman–Crippen LogP) is 17.0. The number of rotatable bonds is 42. The molecular formula is C59H101NO3. The summed E-state index contributed by atoms with van der Waals surface area (Å²) in [6.07, 6.45) is 40.3. The molecule has 4 heteroatoms. The summed E-state index contributed by atoms with van der Waals surface area (Å²) in [5.41, 5.74) is 8.43. The zero-order valence-electron chi connectivity index (χ0n) is 42.7. The molecule has 0 aromatic heterocycles. The van der Waals surface area contributed by atoms with Crippen molar-refractivity contribution < 1.29 is 14.7 Å². The van der Waals surface area contributed by atoms with Crippen LogP contribution in [-0.2, 0) is 41.7 Å². The van der Waals surface area contributed by atoms with E-state index in [2.05, 4.69) is 90.0 Å². The van der Waals surface area contributed by atoms with E-state index >= 15 is 0 Å². The van der Waals surface area contributed by atoms with Crippen molar-refractivity contribution in [3.8, 4) is 0 Å². The molecule has 0 aliphatic carbocycles. The van der Waals surface area contributed by atoms with Crippen molar-refractivity contribution in [2.75, 3.05) is 20.6 Å². The molecule has 0 bridgehead atoms. The molecule has 0 heterocycles. The van der Waals surface area contributed by atoms with Crippen LogP contribution in [0.2, 0.25) is 0 Å². The third-order valence-electron chi connectivity index (χ3n) is 14.0. The number of unbranched alkanes of at least 4 members (excludes halogenated alkanes) is 19. The maximum atomic E-state index is 13.8. The Labute approximate surface area is 391 Å². The van der Waals surface area contributed by atoms with E-state index in [-0.39, 0.29) is 0 Å².